The lowest BCUT2D eigenvalue weighted by Crippen LogP contribution is -2.53. The van der Waals surface area contributed by atoms with Gasteiger partial charge in [-0.2, -0.15) is 0 Å². The SMILES string of the molecule is C=CCN1C(=O)/C(=C/c2ccccc2OCCCCCC)C(=O)NC1=S. The largest absolute Gasteiger partial charge is 0.493 e. The number of hydrogen-bond acceptors (Lipinski definition) is 4. The third-order valence-corrected chi connectivity index (χ3v) is 4.29. The fourth-order valence-corrected chi connectivity index (χ4v) is 2.84. The summed E-state index contributed by atoms with van der Waals surface area (Å²) in [6, 6.07) is 7.36. The zero-order chi connectivity index (χ0) is 18.9. The van der Waals surface area contributed by atoms with Crippen molar-refractivity contribution in [2.75, 3.05) is 13.2 Å². The van der Waals surface area contributed by atoms with Crippen LogP contribution in [-0.2, 0) is 9.59 Å². The number of unbranched alkanes of at least 4 members (excludes halogenated alkanes) is 3. The second-order valence-corrected chi connectivity index (χ2v) is 6.36. The van der Waals surface area contributed by atoms with E-state index in [2.05, 4.69) is 18.8 Å². The van der Waals surface area contributed by atoms with E-state index in [9.17, 15) is 9.59 Å². The van der Waals surface area contributed by atoms with Gasteiger partial charge in [-0.05, 0) is 30.8 Å². The molecule has 1 aliphatic rings. The van der Waals surface area contributed by atoms with Gasteiger partial charge in [0.15, 0.2) is 5.11 Å². The molecule has 1 aromatic carbocycles. The third-order valence-electron chi connectivity index (χ3n) is 3.97. The molecule has 2 rings (SSSR count). The molecule has 0 aliphatic carbocycles. The molecule has 0 unspecified atom stereocenters. The van der Waals surface area contributed by atoms with Crippen molar-refractivity contribution in [1.82, 2.24) is 10.2 Å². The number of carbonyl (C=O) groups excluding carboxylic acids is 2. The molecule has 0 saturated carbocycles. The van der Waals surface area contributed by atoms with E-state index in [4.69, 9.17) is 17.0 Å². The van der Waals surface area contributed by atoms with Crippen LogP contribution in [-0.4, -0.2) is 35.0 Å². The summed E-state index contributed by atoms with van der Waals surface area (Å²) in [7, 11) is 0. The van der Waals surface area contributed by atoms with Gasteiger partial charge in [0.2, 0.25) is 0 Å². The van der Waals surface area contributed by atoms with Crippen LogP contribution >= 0.6 is 12.2 Å². The average molecular weight is 372 g/mol. The number of nitrogens with one attached hydrogen (secondary N) is 1. The third kappa shape index (κ3) is 5.02. The van der Waals surface area contributed by atoms with E-state index in [1.165, 1.54) is 17.7 Å². The summed E-state index contributed by atoms with van der Waals surface area (Å²) >= 11 is 5.06. The van der Waals surface area contributed by atoms with E-state index in [-0.39, 0.29) is 17.2 Å². The molecule has 0 radical (unpaired) electrons. The Hall–Kier alpha value is -2.47. The second-order valence-electron chi connectivity index (χ2n) is 5.97. The van der Waals surface area contributed by atoms with Crippen molar-refractivity contribution >= 4 is 35.2 Å². The Balaban J connectivity index is 2.19. The molecule has 0 bridgehead atoms. The smallest absolute Gasteiger partial charge is 0.265 e. The topological polar surface area (TPSA) is 58.6 Å². The van der Waals surface area contributed by atoms with Crippen LogP contribution in [0.5, 0.6) is 5.75 Å². The predicted octanol–water partition coefficient (Wildman–Crippen LogP) is 3.46. The van der Waals surface area contributed by atoms with Gasteiger partial charge in [-0.1, -0.05) is 50.5 Å². The highest BCUT2D eigenvalue weighted by molar-refractivity contribution is 7.80. The monoisotopic (exact) mass is 372 g/mol. The molecular weight excluding hydrogens is 348 g/mol. The maximum Gasteiger partial charge on any atom is 0.265 e. The first-order valence-electron chi connectivity index (χ1n) is 8.80. The molecule has 1 heterocycles. The van der Waals surface area contributed by atoms with Crippen LogP contribution in [0.2, 0.25) is 0 Å². The number of thiocarbonyl (C=S) groups is 1. The molecule has 26 heavy (non-hydrogen) atoms. The molecule has 138 valence electrons. The van der Waals surface area contributed by atoms with Gasteiger partial charge in [-0.3, -0.25) is 19.8 Å². The Labute approximate surface area is 159 Å². The predicted molar refractivity (Wildman–Crippen MR) is 107 cm³/mol. The van der Waals surface area contributed by atoms with E-state index >= 15 is 0 Å². The van der Waals surface area contributed by atoms with Crippen molar-refractivity contribution in [3.63, 3.8) is 0 Å². The number of amides is 2. The first kappa shape index (κ1) is 19.8. The summed E-state index contributed by atoms with van der Waals surface area (Å²) in [6.45, 7) is 6.62. The van der Waals surface area contributed by atoms with Gasteiger partial charge in [0, 0.05) is 12.1 Å². The highest BCUT2D eigenvalue weighted by Crippen LogP contribution is 2.23. The van der Waals surface area contributed by atoms with Crippen molar-refractivity contribution < 1.29 is 14.3 Å². The van der Waals surface area contributed by atoms with Gasteiger partial charge < -0.3 is 4.74 Å². The molecule has 1 N–H and O–H groups in total. The van der Waals surface area contributed by atoms with Crippen LogP contribution in [0.3, 0.4) is 0 Å². The second kappa shape index (κ2) is 9.87. The molecule has 5 nitrogen and oxygen atoms in total. The molecule has 1 saturated heterocycles. The Bertz CT molecular complexity index is 728. The first-order valence-corrected chi connectivity index (χ1v) is 9.21. The van der Waals surface area contributed by atoms with Crippen LogP contribution in [0, 0.1) is 0 Å². The Morgan fingerprint density at radius 1 is 1.23 bits per heavy atom. The quantitative estimate of drug-likeness (QED) is 0.237. The molecule has 6 heteroatoms. The van der Waals surface area contributed by atoms with Gasteiger partial charge in [-0.15, -0.1) is 6.58 Å². The Morgan fingerprint density at radius 2 is 2.00 bits per heavy atom. The number of carbonyl (C=O) groups is 2. The van der Waals surface area contributed by atoms with Crippen molar-refractivity contribution in [3.05, 3.63) is 48.1 Å². The van der Waals surface area contributed by atoms with Crippen LogP contribution in [0.25, 0.3) is 6.08 Å². The summed E-state index contributed by atoms with van der Waals surface area (Å²) in [6.07, 6.45) is 7.56. The van der Waals surface area contributed by atoms with E-state index < -0.39 is 11.8 Å². The minimum atomic E-state index is -0.502. The first-order chi connectivity index (χ1) is 12.6. The standard InChI is InChI=1S/C20H24N2O3S/c1-3-5-6-9-13-25-17-11-8-7-10-15(17)14-16-18(23)21-20(26)22(12-4-2)19(16)24/h4,7-8,10-11,14H,2-3,5-6,9,12-13H2,1H3,(H,21,23,26)/b16-14+. The summed E-state index contributed by atoms with van der Waals surface area (Å²) < 4.78 is 5.85. The van der Waals surface area contributed by atoms with Crippen molar-refractivity contribution in [2.45, 2.75) is 32.6 Å². The van der Waals surface area contributed by atoms with Gasteiger partial charge in [0.25, 0.3) is 11.8 Å². The number of ether oxygens (including phenoxy) is 1. The number of rotatable bonds is 9. The molecule has 2 amide bonds. The lowest BCUT2D eigenvalue weighted by Gasteiger charge is -2.27. The van der Waals surface area contributed by atoms with Crippen LogP contribution in [0.4, 0.5) is 0 Å². The van der Waals surface area contributed by atoms with E-state index in [1.54, 1.807) is 12.2 Å². The van der Waals surface area contributed by atoms with Crippen molar-refractivity contribution in [2.24, 2.45) is 0 Å². The van der Waals surface area contributed by atoms with E-state index in [0.29, 0.717) is 17.9 Å². The zero-order valence-electron chi connectivity index (χ0n) is 15.0. The highest BCUT2D eigenvalue weighted by atomic mass is 32.1. The minimum Gasteiger partial charge on any atom is -0.493 e. The fourth-order valence-electron chi connectivity index (χ4n) is 2.59. The van der Waals surface area contributed by atoms with Gasteiger partial charge in [0.05, 0.1) is 6.61 Å². The molecular formula is C20H24N2O3S. The molecule has 1 fully saturated rings. The summed E-state index contributed by atoms with van der Waals surface area (Å²) in [5, 5.41) is 2.64. The van der Waals surface area contributed by atoms with E-state index in [0.717, 1.165) is 12.8 Å². The molecule has 0 atom stereocenters. The number of para-hydroxylation sites is 1. The molecule has 0 aromatic heterocycles. The van der Waals surface area contributed by atoms with Gasteiger partial charge in [0.1, 0.15) is 11.3 Å². The lowest BCUT2D eigenvalue weighted by atomic mass is 10.1. The maximum absolute atomic E-state index is 12.6. The lowest BCUT2D eigenvalue weighted by molar-refractivity contribution is -0.128. The number of hydrogen-bond donors (Lipinski definition) is 1. The maximum atomic E-state index is 12.6. The number of nitrogens with zero attached hydrogens (tertiary/aromatic N) is 1. The fraction of sp³-hybridized carbons (Fsp3) is 0.350. The number of benzene rings is 1. The van der Waals surface area contributed by atoms with Gasteiger partial charge in [-0.25, -0.2) is 0 Å². The molecule has 0 spiro atoms. The van der Waals surface area contributed by atoms with Gasteiger partial charge >= 0.3 is 0 Å². The van der Waals surface area contributed by atoms with E-state index in [1.807, 2.05) is 24.3 Å². The Morgan fingerprint density at radius 3 is 2.73 bits per heavy atom. The summed E-state index contributed by atoms with van der Waals surface area (Å²) in [5.74, 6) is -0.282. The normalized spacial score (nSPS) is 16.0. The van der Waals surface area contributed by atoms with Crippen molar-refractivity contribution in [1.29, 1.82) is 0 Å². The molecule has 1 aromatic rings. The highest BCUT2D eigenvalue weighted by Gasteiger charge is 2.32. The minimum absolute atomic E-state index is 0.0301. The Kier molecular flexibility index (Phi) is 7.53. The van der Waals surface area contributed by atoms with Crippen LogP contribution in [0.15, 0.2) is 42.5 Å². The van der Waals surface area contributed by atoms with Crippen LogP contribution in [0.1, 0.15) is 38.2 Å². The molecule has 1 aliphatic heterocycles. The summed E-state index contributed by atoms with van der Waals surface area (Å²) in [5.41, 5.74) is 0.718. The summed E-state index contributed by atoms with van der Waals surface area (Å²) in [4.78, 5) is 26.1. The average Bonchev–Trinajstić information content (AvgIpc) is 2.63. The van der Waals surface area contributed by atoms with Crippen LogP contribution < -0.4 is 10.1 Å². The van der Waals surface area contributed by atoms with Crippen molar-refractivity contribution in [3.8, 4) is 5.75 Å². The zero-order valence-corrected chi connectivity index (χ0v) is 15.8.